The summed E-state index contributed by atoms with van der Waals surface area (Å²) in [6.45, 7) is 0.551. The highest BCUT2D eigenvalue weighted by Gasteiger charge is 2.31. The number of nitrogens with one attached hydrogen (secondary N) is 1. The average Bonchev–Trinajstić information content (AvgIpc) is 2.58. The zero-order valence-corrected chi connectivity index (χ0v) is 13.2. The van der Waals surface area contributed by atoms with Gasteiger partial charge in [0.15, 0.2) is 0 Å². The summed E-state index contributed by atoms with van der Waals surface area (Å²) < 4.78 is 5.77. The highest BCUT2D eigenvalue weighted by molar-refractivity contribution is 5.48. The number of hydrogen-bond donors (Lipinski definition) is 3. The first-order valence-corrected chi connectivity index (χ1v) is 8.16. The van der Waals surface area contributed by atoms with Crippen LogP contribution in [0.5, 0.6) is 5.75 Å². The van der Waals surface area contributed by atoms with Crippen LogP contribution < -0.4 is 15.8 Å². The molecule has 0 heterocycles. The van der Waals surface area contributed by atoms with Crippen LogP contribution in [0.1, 0.15) is 31.2 Å². The summed E-state index contributed by atoms with van der Waals surface area (Å²) in [5.74, 6) is 0.817. The number of anilines is 1. The molecule has 0 unspecified atom stereocenters. The smallest absolute Gasteiger partial charge is 0.135 e. The third kappa shape index (κ3) is 4.47. The highest BCUT2D eigenvalue weighted by Crippen LogP contribution is 2.29. The van der Waals surface area contributed by atoms with Crippen molar-refractivity contribution in [2.75, 3.05) is 5.32 Å². The third-order valence-corrected chi connectivity index (χ3v) is 4.34. The quantitative estimate of drug-likeness (QED) is 0.741. The average molecular weight is 312 g/mol. The lowest BCUT2D eigenvalue weighted by molar-refractivity contribution is 0.0269. The lowest BCUT2D eigenvalue weighted by atomic mass is 9.88. The van der Waals surface area contributed by atoms with Crippen LogP contribution in [-0.4, -0.2) is 16.9 Å². The Hall–Kier alpha value is -2.04. The normalized spacial score (nSPS) is 24.2. The van der Waals surface area contributed by atoms with Crippen LogP contribution in [0.15, 0.2) is 54.6 Å². The predicted octanol–water partition coefficient (Wildman–Crippen LogP) is 3.27. The van der Waals surface area contributed by atoms with Gasteiger partial charge in [0.25, 0.3) is 0 Å². The molecule has 1 aliphatic rings. The maximum atomic E-state index is 10.6. The standard InChI is InChI=1S/C19H24N2O2/c20-16-10-12-19(22,13-11-16)21-17-6-8-18(9-7-17)23-14-15-4-2-1-3-5-15/h1-9,16,21-22H,10-14,20H2. The van der Waals surface area contributed by atoms with Crippen molar-refractivity contribution in [2.24, 2.45) is 5.73 Å². The van der Waals surface area contributed by atoms with Crippen LogP contribution in [0.4, 0.5) is 5.69 Å². The maximum Gasteiger partial charge on any atom is 0.135 e. The summed E-state index contributed by atoms with van der Waals surface area (Å²) in [5, 5.41) is 13.8. The Morgan fingerprint density at radius 1 is 1.04 bits per heavy atom. The number of benzene rings is 2. The van der Waals surface area contributed by atoms with Gasteiger partial charge in [-0.3, -0.25) is 0 Å². The Kier molecular flexibility index (Phi) is 4.84. The summed E-state index contributed by atoms with van der Waals surface area (Å²) >= 11 is 0. The molecular weight excluding hydrogens is 288 g/mol. The minimum Gasteiger partial charge on any atom is -0.489 e. The summed E-state index contributed by atoms with van der Waals surface area (Å²) in [6.07, 6.45) is 3.06. The third-order valence-electron chi connectivity index (χ3n) is 4.34. The highest BCUT2D eigenvalue weighted by atomic mass is 16.5. The largest absolute Gasteiger partial charge is 0.489 e. The van der Waals surface area contributed by atoms with Crippen molar-refractivity contribution in [3.63, 3.8) is 0 Å². The molecule has 0 radical (unpaired) electrons. The molecule has 122 valence electrons. The van der Waals surface area contributed by atoms with Gasteiger partial charge in [0.1, 0.15) is 18.1 Å². The van der Waals surface area contributed by atoms with E-state index < -0.39 is 5.72 Å². The molecule has 2 aromatic carbocycles. The zero-order valence-electron chi connectivity index (χ0n) is 13.2. The van der Waals surface area contributed by atoms with Crippen LogP contribution in [0.25, 0.3) is 0 Å². The predicted molar refractivity (Wildman–Crippen MR) is 92.2 cm³/mol. The topological polar surface area (TPSA) is 67.5 Å². The Morgan fingerprint density at radius 2 is 1.70 bits per heavy atom. The van der Waals surface area contributed by atoms with E-state index in [9.17, 15) is 5.11 Å². The molecule has 1 saturated carbocycles. The van der Waals surface area contributed by atoms with E-state index >= 15 is 0 Å². The lowest BCUT2D eigenvalue weighted by Crippen LogP contribution is -2.44. The molecule has 4 nitrogen and oxygen atoms in total. The number of ether oxygens (including phenoxy) is 1. The molecule has 0 atom stereocenters. The Balaban J connectivity index is 1.55. The van der Waals surface area contributed by atoms with Crippen LogP contribution in [0, 0.1) is 0 Å². The van der Waals surface area contributed by atoms with Gasteiger partial charge in [0, 0.05) is 11.7 Å². The monoisotopic (exact) mass is 312 g/mol. The van der Waals surface area contributed by atoms with Gasteiger partial charge in [-0.1, -0.05) is 30.3 Å². The second-order valence-corrected chi connectivity index (χ2v) is 6.29. The number of hydrogen-bond acceptors (Lipinski definition) is 4. The van der Waals surface area contributed by atoms with Gasteiger partial charge in [-0.05, 0) is 55.5 Å². The van der Waals surface area contributed by atoms with E-state index in [2.05, 4.69) is 5.32 Å². The molecule has 0 saturated heterocycles. The van der Waals surface area contributed by atoms with Crippen LogP contribution in [0.2, 0.25) is 0 Å². The van der Waals surface area contributed by atoms with E-state index in [0.717, 1.165) is 29.8 Å². The molecule has 0 spiro atoms. The second kappa shape index (κ2) is 7.02. The molecule has 1 aliphatic carbocycles. The number of aliphatic hydroxyl groups is 1. The molecule has 4 N–H and O–H groups in total. The molecule has 23 heavy (non-hydrogen) atoms. The van der Waals surface area contributed by atoms with Crippen molar-refractivity contribution in [2.45, 2.75) is 44.1 Å². The van der Waals surface area contributed by atoms with E-state index in [1.165, 1.54) is 0 Å². The molecule has 3 rings (SSSR count). The van der Waals surface area contributed by atoms with Gasteiger partial charge in [-0.25, -0.2) is 0 Å². The molecule has 1 fully saturated rings. The van der Waals surface area contributed by atoms with Crippen molar-refractivity contribution in [1.29, 1.82) is 0 Å². The molecular formula is C19H24N2O2. The molecule has 4 heteroatoms. The van der Waals surface area contributed by atoms with Gasteiger partial charge in [0.05, 0.1) is 0 Å². The zero-order chi connectivity index (χ0) is 16.1. The first-order valence-electron chi connectivity index (χ1n) is 8.16. The fourth-order valence-electron chi connectivity index (χ4n) is 2.89. The number of rotatable bonds is 5. The van der Waals surface area contributed by atoms with Crippen molar-refractivity contribution < 1.29 is 9.84 Å². The first-order chi connectivity index (χ1) is 11.1. The van der Waals surface area contributed by atoms with E-state index in [1.807, 2.05) is 54.6 Å². The van der Waals surface area contributed by atoms with E-state index in [0.29, 0.717) is 19.4 Å². The van der Waals surface area contributed by atoms with Crippen molar-refractivity contribution in [1.82, 2.24) is 0 Å². The summed E-state index contributed by atoms with van der Waals surface area (Å²) in [4.78, 5) is 0. The van der Waals surface area contributed by atoms with Crippen molar-refractivity contribution >= 4 is 5.69 Å². The number of nitrogens with two attached hydrogens (primary N) is 1. The van der Waals surface area contributed by atoms with Gasteiger partial charge in [0.2, 0.25) is 0 Å². The van der Waals surface area contributed by atoms with Crippen LogP contribution in [0.3, 0.4) is 0 Å². The Bertz CT molecular complexity index is 605. The first kappa shape index (κ1) is 15.8. The molecule has 0 aromatic heterocycles. The van der Waals surface area contributed by atoms with Crippen molar-refractivity contribution in [3.8, 4) is 5.75 Å². The molecule has 0 bridgehead atoms. The fourth-order valence-corrected chi connectivity index (χ4v) is 2.89. The Morgan fingerprint density at radius 3 is 2.35 bits per heavy atom. The van der Waals surface area contributed by atoms with E-state index in [-0.39, 0.29) is 6.04 Å². The van der Waals surface area contributed by atoms with E-state index in [4.69, 9.17) is 10.5 Å². The van der Waals surface area contributed by atoms with Gasteiger partial charge >= 0.3 is 0 Å². The molecule has 0 aliphatic heterocycles. The van der Waals surface area contributed by atoms with Gasteiger partial charge in [-0.15, -0.1) is 0 Å². The van der Waals surface area contributed by atoms with Gasteiger partial charge < -0.3 is 20.9 Å². The fraction of sp³-hybridized carbons (Fsp3) is 0.368. The second-order valence-electron chi connectivity index (χ2n) is 6.29. The Labute approximate surface area is 137 Å². The van der Waals surface area contributed by atoms with Crippen molar-refractivity contribution in [3.05, 3.63) is 60.2 Å². The van der Waals surface area contributed by atoms with Crippen LogP contribution in [-0.2, 0) is 6.61 Å². The lowest BCUT2D eigenvalue weighted by Gasteiger charge is -2.36. The minimum atomic E-state index is -0.845. The molecule has 2 aromatic rings. The summed E-state index contributed by atoms with van der Waals surface area (Å²) in [5.41, 5.74) is 7.09. The SMILES string of the molecule is NC1CCC(O)(Nc2ccc(OCc3ccccc3)cc2)CC1. The maximum absolute atomic E-state index is 10.6. The van der Waals surface area contributed by atoms with Gasteiger partial charge in [-0.2, -0.15) is 0 Å². The summed E-state index contributed by atoms with van der Waals surface area (Å²) in [6, 6.07) is 18.0. The van der Waals surface area contributed by atoms with E-state index in [1.54, 1.807) is 0 Å². The van der Waals surface area contributed by atoms with Crippen LogP contribution >= 0.6 is 0 Å². The minimum absolute atomic E-state index is 0.214. The molecule has 0 amide bonds. The summed E-state index contributed by atoms with van der Waals surface area (Å²) in [7, 11) is 0.